The Morgan fingerprint density at radius 1 is 1.14 bits per heavy atom. The summed E-state index contributed by atoms with van der Waals surface area (Å²) in [5.41, 5.74) is 0.927. The fourth-order valence-corrected chi connectivity index (χ4v) is 4.73. The fraction of sp³-hybridized carbons (Fsp3) is 0.571. The highest BCUT2D eigenvalue weighted by Gasteiger charge is 2.71. The van der Waals surface area contributed by atoms with Crippen LogP contribution >= 0.6 is 0 Å². The summed E-state index contributed by atoms with van der Waals surface area (Å²) < 4.78 is 5.36. The lowest BCUT2D eigenvalue weighted by Gasteiger charge is -2.28. The molecule has 2 heterocycles. The average molecular weight is 388 g/mol. The van der Waals surface area contributed by atoms with E-state index < -0.39 is 23.3 Å². The summed E-state index contributed by atoms with van der Waals surface area (Å²) in [4.78, 5) is 42.5. The zero-order valence-corrected chi connectivity index (χ0v) is 17.3. The molecule has 2 saturated heterocycles. The number of carbonyl (C=O) groups is 3. The normalized spacial score (nSPS) is 29.2. The smallest absolute Gasteiger partial charge is 0.368 e. The molecule has 7 nitrogen and oxygen atoms in total. The first-order chi connectivity index (χ1) is 13.3. The minimum Gasteiger partial charge on any atom is -0.461 e. The largest absolute Gasteiger partial charge is 0.461 e. The fourth-order valence-electron chi connectivity index (χ4n) is 4.73. The summed E-state index contributed by atoms with van der Waals surface area (Å²) in [5.74, 6) is -2.09. The number of benzene rings is 1. The molecule has 0 unspecified atom stereocenters. The van der Waals surface area contributed by atoms with Crippen LogP contribution in [0.15, 0.2) is 24.3 Å². The highest BCUT2D eigenvalue weighted by Crippen LogP contribution is 2.45. The van der Waals surface area contributed by atoms with Gasteiger partial charge in [0.25, 0.3) is 0 Å². The van der Waals surface area contributed by atoms with Gasteiger partial charge in [0.1, 0.15) is 17.9 Å². The summed E-state index contributed by atoms with van der Waals surface area (Å²) in [5, 5.41) is 1.91. The van der Waals surface area contributed by atoms with E-state index in [1.165, 1.54) is 4.90 Å². The first-order valence-corrected chi connectivity index (χ1v) is 9.98. The predicted octanol–water partition coefficient (Wildman–Crippen LogP) is 0.704. The monoisotopic (exact) mass is 388 g/mol. The van der Waals surface area contributed by atoms with Gasteiger partial charge in [-0.25, -0.2) is 4.79 Å². The summed E-state index contributed by atoms with van der Waals surface area (Å²) in [7, 11) is 3.93. The van der Waals surface area contributed by atoms with E-state index in [9.17, 15) is 14.4 Å². The SMILES string of the molecule is CCOC(=O)[C@]1(CC)[NH2+][C@@H](c2ccc(N(C)C)cc2)[C@H]2C(=O)N(CC)C(=O)[C@H]21. The first kappa shape index (κ1) is 20.3. The lowest BCUT2D eigenvalue weighted by atomic mass is 9.78. The third-order valence-corrected chi connectivity index (χ3v) is 6.21. The molecule has 2 aliphatic rings. The second kappa shape index (κ2) is 7.54. The van der Waals surface area contributed by atoms with Crippen molar-refractivity contribution in [2.24, 2.45) is 11.8 Å². The summed E-state index contributed by atoms with van der Waals surface area (Å²) >= 11 is 0. The molecule has 0 spiro atoms. The van der Waals surface area contributed by atoms with E-state index in [4.69, 9.17) is 4.74 Å². The molecule has 2 aliphatic heterocycles. The van der Waals surface area contributed by atoms with Crippen LogP contribution in [0.2, 0.25) is 0 Å². The van der Waals surface area contributed by atoms with Gasteiger partial charge in [-0.3, -0.25) is 14.5 Å². The maximum atomic E-state index is 13.1. The van der Waals surface area contributed by atoms with Gasteiger partial charge in [0, 0.05) is 38.3 Å². The van der Waals surface area contributed by atoms with Gasteiger partial charge in [0.15, 0.2) is 0 Å². The molecular weight excluding hydrogens is 358 g/mol. The summed E-state index contributed by atoms with van der Waals surface area (Å²) in [6.07, 6.45) is 0.426. The van der Waals surface area contributed by atoms with Crippen LogP contribution in [0.25, 0.3) is 0 Å². The highest BCUT2D eigenvalue weighted by atomic mass is 16.5. The topological polar surface area (TPSA) is 83.5 Å². The van der Waals surface area contributed by atoms with Crippen molar-refractivity contribution in [2.75, 3.05) is 32.1 Å². The number of quaternary nitrogens is 1. The number of imide groups is 1. The van der Waals surface area contributed by atoms with Gasteiger partial charge in [-0.1, -0.05) is 19.1 Å². The van der Waals surface area contributed by atoms with Gasteiger partial charge >= 0.3 is 5.97 Å². The molecule has 0 aliphatic carbocycles. The molecule has 1 aromatic rings. The van der Waals surface area contributed by atoms with Crippen LogP contribution in [-0.2, 0) is 19.1 Å². The third kappa shape index (κ3) is 2.89. The molecule has 2 fully saturated rings. The molecule has 0 radical (unpaired) electrons. The van der Waals surface area contributed by atoms with Crippen LogP contribution in [0.5, 0.6) is 0 Å². The Hall–Kier alpha value is -2.41. The molecule has 1 aromatic carbocycles. The van der Waals surface area contributed by atoms with Crippen LogP contribution < -0.4 is 10.2 Å². The maximum absolute atomic E-state index is 13.1. The Kier molecular flexibility index (Phi) is 5.48. The number of anilines is 1. The molecule has 2 N–H and O–H groups in total. The van der Waals surface area contributed by atoms with E-state index in [1.54, 1.807) is 13.8 Å². The van der Waals surface area contributed by atoms with Crippen molar-refractivity contribution in [1.29, 1.82) is 0 Å². The Bertz CT molecular complexity index is 776. The predicted molar refractivity (Wildman–Crippen MR) is 104 cm³/mol. The van der Waals surface area contributed by atoms with Crippen molar-refractivity contribution < 1.29 is 24.4 Å². The second-order valence-electron chi connectivity index (χ2n) is 7.72. The van der Waals surface area contributed by atoms with Crippen LogP contribution in [0.4, 0.5) is 5.69 Å². The van der Waals surface area contributed by atoms with E-state index in [2.05, 4.69) is 0 Å². The number of likely N-dealkylation sites (tertiary alicyclic amines) is 1. The second-order valence-corrected chi connectivity index (χ2v) is 7.72. The van der Waals surface area contributed by atoms with Crippen LogP contribution in [0.3, 0.4) is 0 Å². The van der Waals surface area contributed by atoms with E-state index in [0.29, 0.717) is 13.0 Å². The molecule has 2 amide bonds. The Morgan fingerprint density at radius 3 is 2.29 bits per heavy atom. The quantitative estimate of drug-likeness (QED) is 0.573. The van der Waals surface area contributed by atoms with E-state index in [1.807, 2.05) is 55.5 Å². The van der Waals surface area contributed by atoms with Gasteiger partial charge in [-0.15, -0.1) is 0 Å². The standard InChI is InChI=1S/C21H29N3O4/c1-6-21(20(27)28-8-3)16-15(18(25)24(7-2)19(16)26)17(22-21)13-9-11-14(12-10-13)23(4)5/h9-12,15-17,22H,6-8H2,1-5H3/p+1/t15-,16-,17-,21+/m0/s1. The van der Waals surface area contributed by atoms with E-state index in [-0.39, 0.29) is 24.5 Å². The number of ether oxygens (including phenoxy) is 1. The highest BCUT2D eigenvalue weighted by molar-refractivity contribution is 6.08. The molecular formula is C21H30N3O4+. The van der Waals surface area contributed by atoms with Crippen molar-refractivity contribution in [2.45, 2.75) is 38.8 Å². The Morgan fingerprint density at radius 2 is 1.79 bits per heavy atom. The van der Waals surface area contributed by atoms with Crippen molar-refractivity contribution >= 4 is 23.5 Å². The van der Waals surface area contributed by atoms with Crippen molar-refractivity contribution in [1.82, 2.24) is 4.90 Å². The lowest BCUT2D eigenvalue weighted by molar-refractivity contribution is -0.734. The zero-order chi connectivity index (χ0) is 20.6. The number of rotatable bonds is 6. The molecule has 0 aromatic heterocycles. The molecule has 152 valence electrons. The van der Waals surface area contributed by atoms with Gasteiger partial charge in [-0.05, 0) is 26.0 Å². The van der Waals surface area contributed by atoms with E-state index in [0.717, 1.165) is 11.3 Å². The summed E-state index contributed by atoms with van der Waals surface area (Å²) in [6, 6.07) is 7.66. The average Bonchev–Trinajstić information content (AvgIpc) is 3.16. The molecule has 0 saturated carbocycles. The molecule has 4 atom stereocenters. The van der Waals surface area contributed by atoms with Gasteiger partial charge in [-0.2, -0.15) is 0 Å². The maximum Gasteiger partial charge on any atom is 0.368 e. The number of hydrogen-bond donors (Lipinski definition) is 1. The number of fused-ring (bicyclic) bond motifs is 1. The molecule has 28 heavy (non-hydrogen) atoms. The van der Waals surface area contributed by atoms with Gasteiger partial charge < -0.3 is 15.0 Å². The van der Waals surface area contributed by atoms with E-state index >= 15 is 0 Å². The molecule has 7 heteroatoms. The number of nitrogens with zero attached hydrogens (tertiary/aromatic N) is 2. The molecule has 0 bridgehead atoms. The van der Waals surface area contributed by atoms with Crippen molar-refractivity contribution in [3.63, 3.8) is 0 Å². The first-order valence-electron chi connectivity index (χ1n) is 9.98. The van der Waals surface area contributed by atoms with Crippen LogP contribution in [0.1, 0.15) is 38.8 Å². The van der Waals surface area contributed by atoms with Gasteiger partial charge in [0.05, 0.1) is 6.61 Å². The lowest BCUT2D eigenvalue weighted by Crippen LogP contribution is -2.98. The number of amides is 2. The van der Waals surface area contributed by atoms with Crippen molar-refractivity contribution in [3.8, 4) is 0 Å². The van der Waals surface area contributed by atoms with Crippen LogP contribution in [-0.4, -0.2) is 55.5 Å². The molecule has 3 rings (SSSR count). The number of hydrogen-bond acceptors (Lipinski definition) is 5. The minimum atomic E-state index is -1.07. The number of carbonyl (C=O) groups excluding carboxylic acids is 3. The third-order valence-electron chi connectivity index (χ3n) is 6.21. The Balaban J connectivity index is 2.08. The van der Waals surface area contributed by atoms with Crippen molar-refractivity contribution in [3.05, 3.63) is 29.8 Å². The minimum absolute atomic E-state index is 0.185. The zero-order valence-electron chi connectivity index (χ0n) is 17.3. The number of nitrogens with two attached hydrogens (primary N) is 1. The van der Waals surface area contributed by atoms with Gasteiger partial charge in [0.2, 0.25) is 17.4 Å². The van der Waals surface area contributed by atoms with Crippen LogP contribution in [0, 0.1) is 11.8 Å². The Labute approximate surface area is 166 Å². The summed E-state index contributed by atoms with van der Waals surface area (Å²) in [6.45, 7) is 5.99. The number of esters is 1.